The number of fused-ring (bicyclic) bond motifs is 1. The molecular weight excluding hydrogens is 378 g/mol. The van der Waals surface area contributed by atoms with Crippen LogP contribution in [0.4, 0.5) is 16.6 Å². The first-order valence-corrected chi connectivity index (χ1v) is 9.42. The van der Waals surface area contributed by atoms with Gasteiger partial charge >= 0.3 is 0 Å². The lowest BCUT2D eigenvalue weighted by Crippen LogP contribution is -2.11. The number of hydrogen-bond acceptors (Lipinski definition) is 10. The molecule has 5 N–H and O–H groups in total. The summed E-state index contributed by atoms with van der Waals surface area (Å²) >= 11 is 3.84. The first-order chi connectivity index (χ1) is 12.0. The average molecular weight is 389 g/mol. The summed E-state index contributed by atoms with van der Waals surface area (Å²) in [6.07, 6.45) is 1.76. The Bertz CT molecular complexity index is 1020. The summed E-state index contributed by atoms with van der Waals surface area (Å²) in [6.45, 7) is 3.64. The normalized spacial score (nSPS) is 10.5. The highest BCUT2D eigenvalue weighted by molar-refractivity contribution is 8.01. The lowest BCUT2D eigenvalue weighted by molar-refractivity contribution is 0.103. The maximum Gasteiger partial charge on any atom is 0.269 e. The third kappa shape index (κ3) is 3.41. The molecule has 11 heteroatoms. The number of nitrogen functional groups attached to an aromatic ring is 2. The van der Waals surface area contributed by atoms with Crippen molar-refractivity contribution in [2.24, 2.45) is 0 Å². The number of rotatable bonds is 5. The van der Waals surface area contributed by atoms with Gasteiger partial charge in [0.15, 0.2) is 4.34 Å². The number of hydrogen-bond donors (Lipinski definition) is 3. The molecule has 126 valence electrons. The predicted molar refractivity (Wildman–Crippen MR) is 102 cm³/mol. The largest absolute Gasteiger partial charge is 0.397 e. The van der Waals surface area contributed by atoms with Gasteiger partial charge in [0.2, 0.25) is 5.13 Å². The molecule has 0 aliphatic rings. The molecule has 0 aromatic carbocycles. The Morgan fingerprint density at radius 1 is 1.44 bits per heavy atom. The smallest absolute Gasteiger partial charge is 0.269 e. The first-order valence-electron chi connectivity index (χ1n) is 6.80. The van der Waals surface area contributed by atoms with Gasteiger partial charge < -0.3 is 11.5 Å². The Balaban J connectivity index is 1.87. The van der Waals surface area contributed by atoms with E-state index in [2.05, 4.69) is 27.1 Å². The summed E-state index contributed by atoms with van der Waals surface area (Å²) in [5.74, 6) is 0.408. The van der Waals surface area contributed by atoms with E-state index in [1.165, 1.54) is 29.2 Å². The molecule has 0 saturated heterocycles. The zero-order valence-corrected chi connectivity index (χ0v) is 15.1. The number of carbonyl (C=O) groups excluding carboxylic acids is 1. The lowest BCUT2D eigenvalue weighted by Gasteiger charge is -1.99. The minimum Gasteiger partial charge on any atom is -0.397 e. The highest BCUT2D eigenvalue weighted by Gasteiger charge is 2.20. The van der Waals surface area contributed by atoms with Crippen LogP contribution in [0.2, 0.25) is 0 Å². The number of aromatic nitrogens is 3. The SMILES string of the molecule is C=CCSc1nnc(NC(=O)c2sc3nc(N)c(C#N)cc3c2N)s1. The Morgan fingerprint density at radius 3 is 2.96 bits per heavy atom. The Kier molecular flexibility index (Phi) is 4.84. The van der Waals surface area contributed by atoms with E-state index in [0.29, 0.717) is 21.1 Å². The maximum atomic E-state index is 12.5. The van der Waals surface area contributed by atoms with E-state index >= 15 is 0 Å². The number of nitrogens with one attached hydrogen (secondary N) is 1. The molecule has 3 heterocycles. The van der Waals surface area contributed by atoms with Gasteiger partial charge in [-0.3, -0.25) is 10.1 Å². The van der Waals surface area contributed by atoms with Crippen LogP contribution in [0.5, 0.6) is 0 Å². The summed E-state index contributed by atoms with van der Waals surface area (Å²) in [7, 11) is 0. The van der Waals surface area contributed by atoms with E-state index in [-0.39, 0.29) is 21.9 Å². The van der Waals surface area contributed by atoms with Gasteiger partial charge in [0.05, 0.1) is 11.3 Å². The maximum absolute atomic E-state index is 12.5. The van der Waals surface area contributed by atoms with Gasteiger partial charge in [0.1, 0.15) is 21.6 Å². The fourth-order valence-electron chi connectivity index (χ4n) is 1.92. The van der Waals surface area contributed by atoms with Crippen LogP contribution in [0.1, 0.15) is 15.2 Å². The highest BCUT2D eigenvalue weighted by Crippen LogP contribution is 2.35. The second-order valence-electron chi connectivity index (χ2n) is 4.66. The molecule has 3 rings (SSSR count). The van der Waals surface area contributed by atoms with Gasteiger partial charge in [-0.05, 0) is 6.07 Å². The van der Waals surface area contributed by atoms with Crippen LogP contribution in [-0.4, -0.2) is 26.8 Å². The van der Waals surface area contributed by atoms with Crippen LogP contribution in [0.3, 0.4) is 0 Å². The van der Waals surface area contributed by atoms with E-state index in [1.807, 2.05) is 6.07 Å². The zero-order valence-electron chi connectivity index (χ0n) is 12.6. The summed E-state index contributed by atoms with van der Waals surface area (Å²) in [5, 5.41) is 20.5. The lowest BCUT2D eigenvalue weighted by atomic mass is 10.2. The molecule has 0 bridgehead atoms. The molecule has 0 atom stereocenters. The third-order valence-electron chi connectivity index (χ3n) is 3.03. The summed E-state index contributed by atoms with van der Waals surface area (Å²) in [6, 6.07) is 3.48. The fraction of sp³-hybridized carbons (Fsp3) is 0.0714. The number of nitrogens with zero attached hydrogens (tertiary/aromatic N) is 4. The van der Waals surface area contributed by atoms with Crippen LogP contribution >= 0.6 is 34.4 Å². The van der Waals surface area contributed by atoms with Gasteiger partial charge in [-0.25, -0.2) is 4.98 Å². The van der Waals surface area contributed by atoms with Crippen molar-refractivity contribution in [3.63, 3.8) is 0 Å². The molecule has 1 amide bonds. The molecule has 0 saturated carbocycles. The molecule has 0 spiro atoms. The molecular formula is C14H11N7OS3. The van der Waals surface area contributed by atoms with Gasteiger partial charge in [0, 0.05) is 11.1 Å². The van der Waals surface area contributed by atoms with Crippen LogP contribution in [0.15, 0.2) is 23.1 Å². The highest BCUT2D eigenvalue weighted by atomic mass is 32.2. The molecule has 0 radical (unpaired) electrons. The van der Waals surface area contributed by atoms with Crippen molar-refractivity contribution in [2.45, 2.75) is 4.34 Å². The van der Waals surface area contributed by atoms with E-state index in [1.54, 1.807) is 6.08 Å². The second kappa shape index (κ2) is 7.06. The summed E-state index contributed by atoms with van der Waals surface area (Å²) in [4.78, 5) is 17.4. The Hall–Kier alpha value is -2.68. The summed E-state index contributed by atoms with van der Waals surface area (Å²) < 4.78 is 0.729. The number of pyridine rings is 1. The van der Waals surface area contributed by atoms with Crippen LogP contribution in [0.25, 0.3) is 10.2 Å². The predicted octanol–water partition coefficient (Wildman–Crippen LogP) is 2.71. The van der Waals surface area contributed by atoms with E-state index in [9.17, 15) is 4.79 Å². The molecule has 3 aromatic heterocycles. The molecule has 0 aliphatic heterocycles. The van der Waals surface area contributed by atoms with Gasteiger partial charge in [-0.2, -0.15) is 5.26 Å². The standard InChI is InChI=1S/C14H11N7OS3/c1-2-3-23-14-21-20-13(25-14)19-11(22)9-8(16)7-4-6(5-15)10(17)18-12(7)24-9/h2,4H,1,3,16H2,(H2,17,18)(H,19,20,22). The molecule has 0 fully saturated rings. The summed E-state index contributed by atoms with van der Waals surface area (Å²) in [5.41, 5.74) is 12.2. The van der Waals surface area contributed by atoms with Crippen molar-refractivity contribution in [2.75, 3.05) is 22.5 Å². The number of nitriles is 1. The molecule has 8 nitrogen and oxygen atoms in total. The van der Waals surface area contributed by atoms with Gasteiger partial charge in [0.25, 0.3) is 5.91 Å². The van der Waals surface area contributed by atoms with Crippen LogP contribution < -0.4 is 16.8 Å². The number of nitrogens with two attached hydrogens (primary N) is 2. The number of carbonyl (C=O) groups is 1. The van der Waals surface area contributed by atoms with Gasteiger partial charge in [-0.1, -0.05) is 29.2 Å². The molecule has 25 heavy (non-hydrogen) atoms. The second-order valence-corrected chi connectivity index (χ2v) is 7.90. The van der Waals surface area contributed by atoms with E-state index < -0.39 is 5.91 Å². The van der Waals surface area contributed by atoms with Crippen molar-refractivity contribution in [3.05, 3.63) is 29.2 Å². The first kappa shape index (κ1) is 17.2. The quantitative estimate of drug-likeness (QED) is 0.343. The number of thioether (sulfide) groups is 1. The topological polar surface area (TPSA) is 144 Å². The van der Waals surface area contributed by atoms with Crippen molar-refractivity contribution >= 4 is 67.2 Å². The monoisotopic (exact) mass is 389 g/mol. The minimum atomic E-state index is -0.408. The van der Waals surface area contributed by atoms with E-state index in [0.717, 1.165) is 15.7 Å². The number of thiophene rings is 1. The Morgan fingerprint density at radius 2 is 2.24 bits per heavy atom. The number of amides is 1. The van der Waals surface area contributed by atoms with Crippen LogP contribution in [-0.2, 0) is 0 Å². The molecule has 3 aromatic rings. The van der Waals surface area contributed by atoms with E-state index in [4.69, 9.17) is 16.7 Å². The fourth-order valence-corrected chi connectivity index (χ4v) is 4.40. The molecule has 0 unspecified atom stereocenters. The minimum absolute atomic E-state index is 0.108. The average Bonchev–Trinajstić information content (AvgIpc) is 3.16. The third-order valence-corrected chi connectivity index (χ3v) is 6.11. The van der Waals surface area contributed by atoms with Gasteiger partial charge in [-0.15, -0.1) is 28.1 Å². The Labute approximate surface area is 154 Å². The van der Waals surface area contributed by atoms with Crippen molar-refractivity contribution in [1.82, 2.24) is 15.2 Å². The van der Waals surface area contributed by atoms with Crippen molar-refractivity contribution < 1.29 is 4.79 Å². The number of anilines is 3. The zero-order chi connectivity index (χ0) is 18.0. The molecule has 0 aliphatic carbocycles. The van der Waals surface area contributed by atoms with Crippen molar-refractivity contribution in [3.8, 4) is 6.07 Å². The van der Waals surface area contributed by atoms with Crippen molar-refractivity contribution in [1.29, 1.82) is 5.26 Å². The van der Waals surface area contributed by atoms with Crippen LogP contribution in [0, 0.1) is 11.3 Å².